The molecular weight excluding hydrogens is 344 g/mol. The predicted octanol–water partition coefficient (Wildman–Crippen LogP) is 2.78. The van der Waals surface area contributed by atoms with Crippen LogP contribution in [-0.2, 0) is 11.3 Å². The Balaban J connectivity index is 2.10. The summed E-state index contributed by atoms with van der Waals surface area (Å²) in [6.07, 6.45) is 2.88. The molecule has 0 fully saturated rings. The van der Waals surface area contributed by atoms with Crippen molar-refractivity contribution >= 4 is 39.6 Å². The highest BCUT2D eigenvalue weighted by atomic mass is 16.5. The van der Waals surface area contributed by atoms with Crippen molar-refractivity contribution < 1.29 is 4.74 Å². The van der Waals surface area contributed by atoms with Crippen LogP contribution >= 0.6 is 0 Å². The van der Waals surface area contributed by atoms with Gasteiger partial charge in [0.25, 0.3) is 5.56 Å². The van der Waals surface area contributed by atoms with Crippen molar-refractivity contribution in [2.24, 2.45) is 11.0 Å². The summed E-state index contributed by atoms with van der Waals surface area (Å²) in [4.78, 5) is 26.9. The second-order valence-electron chi connectivity index (χ2n) is 6.67. The van der Waals surface area contributed by atoms with Crippen molar-refractivity contribution in [1.29, 1.82) is 0 Å². The highest BCUT2D eigenvalue weighted by Crippen LogP contribution is 2.24. The first kappa shape index (κ1) is 17.1. The summed E-state index contributed by atoms with van der Waals surface area (Å²) in [6, 6.07) is 7.54. The highest BCUT2D eigenvalue weighted by molar-refractivity contribution is 6.04. The number of rotatable bonds is 5. The van der Waals surface area contributed by atoms with Gasteiger partial charge in [0.1, 0.15) is 10.9 Å². The second kappa shape index (κ2) is 6.79. The molecule has 0 radical (unpaired) electrons. The Morgan fingerprint density at radius 1 is 1.19 bits per heavy atom. The number of ether oxygens (including phenoxy) is 1. The molecule has 0 amide bonds. The molecule has 27 heavy (non-hydrogen) atoms. The third-order valence-electron chi connectivity index (χ3n) is 4.17. The van der Waals surface area contributed by atoms with Gasteiger partial charge in [-0.25, -0.2) is 15.0 Å². The summed E-state index contributed by atoms with van der Waals surface area (Å²) in [6.45, 7) is 7.05. The van der Waals surface area contributed by atoms with Crippen molar-refractivity contribution in [1.82, 2.24) is 24.2 Å². The number of aromatic nitrogens is 5. The summed E-state index contributed by atoms with van der Waals surface area (Å²) in [7, 11) is 0. The topological polar surface area (TPSA) is 87.2 Å². The molecule has 4 aromatic rings. The Bertz CT molecular complexity index is 1220. The molecular formula is C19H20N6O2. The van der Waals surface area contributed by atoms with Crippen LogP contribution in [0.1, 0.15) is 20.8 Å². The monoisotopic (exact) mass is 364 g/mol. The number of para-hydroxylation sites is 2. The molecule has 0 aliphatic carbocycles. The van der Waals surface area contributed by atoms with Crippen LogP contribution in [0.25, 0.3) is 33.2 Å². The van der Waals surface area contributed by atoms with E-state index >= 15 is 0 Å². The number of hydrogen-bond donors (Lipinski definition) is 0. The Morgan fingerprint density at radius 3 is 2.63 bits per heavy atom. The van der Waals surface area contributed by atoms with Crippen LogP contribution in [0.2, 0.25) is 0 Å². The smallest absolute Gasteiger partial charge is 0.265 e. The van der Waals surface area contributed by atoms with Gasteiger partial charge in [0.15, 0.2) is 17.7 Å². The summed E-state index contributed by atoms with van der Waals surface area (Å²) >= 11 is 0. The van der Waals surface area contributed by atoms with Gasteiger partial charge in [-0.15, -0.1) is 5.10 Å². The molecule has 0 N–H and O–H groups in total. The molecule has 3 heterocycles. The highest BCUT2D eigenvalue weighted by Gasteiger charge is 2.19. The molecule has 8 heteroatoms. The quantitative estimate of drug-likeness (QED) is 0.401. The first-order valence-corrected chi connectivity index (χ1v) is 8.91. The van der Waals surface area contributed by atoms with Crippen LogP contribution in [0, 0.1) is 5.92 Å². The van der Waals surface area contributed by atoms with Crippen molar-refractivity contribution in [3.8, 4) is 0 Å². The van der Waals surface area contributed by atoms with Crippen molar-refractivity contribution in [3.63, 3.8) is 0 Å². The van der Waals surface area contributed by atoms with E-state index in [0.717, 1.165) is 11.0 Å². The summed E-state index contributed by atoms with van der Waals surface area (Å²) in [5, 5.41) is 4.72. The lowest BCUT2D eigenvalue weighted by molar-refractivity contribution is 0.341. The van der Waals surface area contributed by atoms with Crippen LogP contribution in [0.3, 0.4) is 0 Å². The Labute approximate surface area is 155 Å². The molecule has 138 valence electrons. The average molecular weight is 364 g/mol. The maximum atomic E-state index is 13.1. The molecule has 0 aliphatic heterocycles. The lowest BCUT2D eigenvalue weighted by Crippen LogP contribution is -2.22. The van der Waals surface area contributed by atoms with E-state index < -0.39 is 0 Å². The van der Waals surface area contributed by atoms with Crippen molar-refractivity contribution in [3.05, 3.63) is 40.9 Å². The molecule has 3 aromatic heterocycles. The van der Waals surface area contributed by atoms with Gasteiger partial charge in [-0.05, 0) is 25.0 Å². The van der Waals surface area contributed by atoms with Crippen LogP contribution in [0.5, 0.6) is 0 Å². The number of benzene rings is 1. The first-order valence-electron chi connectivity index (χ1n) is 8.91. The van der Waals surface area contributed by atoms with E-state index in [-0.39, 0.29) is 5.56 Å². The van der Waals surface area contributed by atoms with Gasteiger partial charge in [0.05, 0.1) is 24.0 Å². The van der Waals surface area contributed by atoms with Gasteiger partial charge in [-0.2, -0.15) is 4.68 Å². The normalized spacial score (nSPS) is 12.1. The fourth-order valence-electron chi connectivity index (χ4n) is 3.04. The molecule has 0 saturated heterocycles. The van der Waals surface area contributed by atoms with Gasteiger partial charge in [0.2, 0.25) is 0 Å². The maximum absolute atomic E-state index is 13.1. The lowest BCUT2D eigenvalue weighted by atomic mass is 10.2. The Kier molecular flexibility index (Phi) is 4.31. The molecule has 0 bridgehead atoms. The van der Waals surface area contributed by atoms with Gasteiger partial charge in [-0.3, -0.25) is 9.36 Å². The molecule has 1 aromatic carbocycles. The Hall–Kier alpha value is -3.29. The van der Waals surface area contributed by atoms with E-state index in [4.69, 9.17) is 4.74 Å². The van der Waals surface area contributed by atoms with Gasteiger partial charge >= 0.3 is 0 Å². The zero-order chi connectivity index (χ0) is 19.0. The van der Waals surface area contributed by atoms with Crippen LogP contribution in [-0.4, -0.2) is 37.2 Å². The molecule has 0 saturated carbocycles. The van der Waals surface area contributed by atoms with E-state index in [1.54, 1.807) is 10.9 Å². The molecule has 0 spiro atoms. The summed E-state index contributed by atoms with van der Waals surface area (Å²) in [5.41, 5.74) is 2.69. The van der Waals surface area contributed by atoms with E-state index in [9.17, 15) is 4.79 Å². The van der Waals surface area contributed by atoms with Crippen LogP contribution in [0.4, 0.5) is 0 Å². The van der Waals surface area contributed by atoms with Crippen LogP contribution < -0.4 is 5.56 Å². The first-order chi connectivity index (χ1) is 13.1. The predicted molar refractivity (Wildman–Crippen MR) is 105 cm³/mol. The van der Waals surface area contributed by atoms with Crippen molar-refractivity contribution in [2.75, 3.05) is 6.61 Å². The number of hydrogen-bond acceptors (Lipinski definition) is 6. The third-order valence-corrected chi connectivity index (χ3v) is 4.17. The number of nitrogens with zero attached hydrogens (tertiary/aromatic N) is 6. The maximum Gasteiger partial charge on any atom is 0.265 e. The van der Waals surface area contributed by atoms with Gasteiger partial charge < -0.3 is 4.74 Å². The lowest BCUT2D eigenvalue weighted by Gasteiger charge is -2.07. The van der Waals surface area contributed by atoms with E-state index in [1.165, 1.54) is 11.1 Å². The zero-order valence-corrected chi connectivity index (χ0v) is 15.5. The third kappa shape index (κ3) is 2.92. The summed E-state index contributed by atoms with van der Waals surface area (Å²) < 4.78 is 8.35. The van der Waals surface area contributed by atoms with Crippen LogP contribution in [0.15, 0.2) is 40.5 Å². The van der Waals surface area contributed by atoms with E-state index in [1.807, 2.05) is 31.2 Å². The van der Waals surface area contributed by atoms with E-state index in [2.05, 4.69) is 33.9 Å². The molecule has 8 nitrogen and oxygen atoms in total. The Morgan fingerprint density at radius 2 is 1.93 bits per heavy atom. The SMILES string of the molecule is CCOC=Nn1c2nc3ccccc3nc2c2c(=O)n(CC(C)C)cnc21. The van der Waals surface area contributed by atoms with Crippen molar-refractivity contribution in [2.45, 2.75) is 27.3 Å². The standard InChI is InChI=1S/C19H20N6O2/c1-4-27-11-21-25-17-15(19(26)24(10-20-17)9-12(2)3)16-18(25)23-14-8-6-5-7-13(14)22-16/h5-8,10-12H,4,9H2,1-3H3. The fourth-order valence-corrected chi connectivity index (χ4v) is 3.04. The minimum absolute atomic E-state index is 0.145. The summed E-state index contributed by atoms with van der Waals surface area (Å²) in [5.74, 6) is 0.318. The second-order valence-corrected chi connectivity index (χ2v) is 6.67. The molecule has 0 aliphatic rings. The largest absolute Gasteiger partial charge is 0.482 e. The minimum Gasteiger partial charge on any atom is -0.482 e. The van der Waals surface area contributed by atoms with Gasteiger partial charge in [-0.1, -0.05) is 26.0 Å². The zero-order valence-electron chi connectivity index (χ0n) is 15.5. The minimum atomic E-state index is -0.145. The number of fused-ring (bicyclic) bond motifs is 4. The average Bonchev–Trinajstić information content (AvgIpc) is 2.95. The van der Waals surface area contributed by atoms with E-state index in [0.29, 0.717) is 41.3 Å². The molecule has 4 rings (SSSR count). The van der Waals surface area contributed by atoms with Gasteiger partial charge in [0, 0.05) is 6.54 Å². The fraction of sp³-hybridized carbons (Fsp3) is 0.316. The molecule has 0 atom stereocenters. The molecule has 0 unspecified atom stereocenters.